The lowest BCUT2D eigenvalue weighted by Crippen LogP contribution is -2.41. The highest BCUT2D eigenvalue weighted by Gasteiger charge is 2.15. The SMILES string of the molecule is CCCNC(=O)NC(=O)COC(=O)c1cccnc1SC. The molecule has 0 unspecified atom stereocenters. The van der Waals surface area contributed by atoms with E-state index in [-0.39, 0.29) is 5.56 Å². The number of urea groups is 1. The van der Waals surface area contributed by atoms with Gasteiger partial charge in [-0.25, -0.2) is 14.6 Å². The highest BCUT2D eigenvalue weighted by atomic mass is 32.2. The number of pyridine rings is 1. The smallest absolute Gasteiger partial charge is 0.341 e. The van der Waals surface area contributed by atoms with Gasteiger partial charge in [-0.05, 0) is 24.8 Å². The number of nitrogens with zero attached hydrogens (tertiary/aromatic N) is 1. The summed E-state index contributed by atoms with van der Waals surface area (Å²) in [5.74, 6) is -1.34. The Balaban J connectivity index is 2.45. The van der Waals surface area contributed by atoms with E-state index in [1.165, 1.54) is 11.8 Å². The quantitative estimate of drug-likeness (QED) is 0.605. The Hall–Kier alpha value is -2.09. The highest BCUT2D eigenvalue weighted by molar-refractivity contribution is 7.98. The first-order valence-corrected chi connectivity index (χ1v) is 7.54. The van der Waals surface area contributed by atoms with Gasteiger partial charge >= 0.3 is 12.0 Å². The number of carbonyl (C=O) groups is 3. The second kappa shape index (κ2) is 8.96. The second-order valence-electron chi connectivity index (χ2n) is 3.94. The minimum absolute atomic E-state index is 0.285. The second-order valence-corrected chi connectivity index (χ2v) is 4.74. The van der Waals surface area contributed by atoms with Gasteiger partial charge in [-0.1, -0.05) is 6.92 Å². The Morgan fingerprint density at radius 3 is 2.81 bits per heavy atom. The molecule has 0 radical (unpaired) electrons. The van der Waals surface area contributed by atoms with Crippen molar-refractivity contribution in [2.75, 3.05) is 19.4 Å². The van der Waals surface area contributed by atoms with Crippen LogP contribution < -0.4 is 10.6 Å². The maximum atomic E-state index is 11.8. The van der Waals surface area contributed by atoms with Crippen molar-refractivity contribution in [2.45, 2.75) is 18.4 Å². The zero-order valence-corrected chi connectivity index (χ0v) is 12.7. The number of aromatic nitrogens is 1. The molecule has 114 valence electrons. The minimum atomic E-state index is -0.688. The predicted octanol–water partition coefficient (Wildman–Crippen LogP) is 1.20. The number of rotatable bonds is 6. The van der Waals surface area contributed by atoms with E-state index in [4.69, 9.17) is 4.74 Å². The molecule has 0 aromatic carbocycles. The molecular weight excluding hydrogens is 294 g/mol. The lowest BCUT2D eigenvalue weighted by molar-refractivity contribution is -0.123. The first-order chi connectivity index (χ1) is 10.1. The van der Waals surface area contributed by atoms with Crippen LogP contribution in [0.2, 0.25) is 0 Å². The number of amides is 3. The molecule has 0 spiro atoms. The van der Waals surface area contributed by atoms with Gasteiger partial charge in [0, 0.05) is 12.7 Å². The molecule has 7 nitrogen and oxygen atoms in total. The van der Waals surface area contributed by atoms with Crippen LogP contribution in [0, 0.1) is 0 Å². The number of ether oxygens (including phenoxy) is 1. The third kappa shape index (κ3) is 5.82. The molecule has 8 heteroatoms. The van der Waals surface area contributed by atoms with Gasteiger partial charge in [0.15, 0.2) is 6.61 Å². The van der Waals surface area contributed by atoms with E-state index in [1.807, 2.05) is 6.92 Å². The predicted molar refractivity (Wildman–Crippen MR) is 78.1 cm³/mol. The van der Waals surface area contributed by atoms with Crippen LogP contribution in [0.1, 0.15) is 23.7 Å². The number of hydrogen-bond acceptors (Lipinski definition) is 6. The number of imide groups is 1. The van der Waals surface area contributed by atoms with Crippen molar-refractivity contribution in [3.8, 4) is 0 Å². The largest absolute Gasteiger partial charge is 0.452 e. The number of hydrogen-bond donors (Lipinski definition) is 2. The molecule has 1 aromatic rings. The monoisotopic (exact) mass is 311 g/mol. The highest BCUT2D eigenvalue weighted by Crippen LogP contribution is 2.17. The first-order valence-electron chi connectivity index (χ1n) is 6.32. The van der Waals surface area contributed by atoms with E-state index in [0.717, 1.165) is 6.42 Å². The topological polar surface area (TPSA) is 97.4 Å². The molecule has 0 saturated carbocycles. The van der Waals surface area contributed by atoms with Gasteiger partial charge in [-0.15, -0.1) is 11.8 Å². The Morgan fingerprint density at radius 2 is 2.14 bits per heavy atom. The lowest BCUT2D eigenvalue weighted by Gasteiger charge is -2.08. The number of thioether (sulfide) groups is 1. The summed E-state index contributed by atoms with van der Waals surface area (Å²) in [6.45, 7) is 1.83. The maximum Gasteiger partial charge on any atom is 0.341 e. The molecule has 0 aliphatic heterocycles. The van der Waals surface area contributed by atoms with E-state index in [9.17, 15) is 14.4 Å². The molecule has 2 N–H and O–H groups in total. The van der Waals surface area contributed by atoms with Crippen LogP contribution in [0.3, 0.4) is 0 Å². The molecular formula is C13H17N3O4S. The van der Waals surface area contributed by atoms with Gasteiger partial charge < -0.3 is 10.1 Å². The van der Waals surface area contributed by atoms with Crippen molar-refractivity contribution in [1.82, 2.24) is 15.6 Å². The Kier molecular flexibility index (Phi) is 7.24. The molecule has 21 heavy (non-hydrogen) atoms. The molecule has 0 bridgehead atoms. The average molecular weight is 311 g/mol. The fourth-order valence-electron chi connectivity index (χ4n) is 1.36. The van der Waals surface area contributed by atoms with Crippen molar-refractivity contribution in [1.29, 1.82) is 0 Å². The first kappa shape index (κ1) is 17.0. The molecule has 1 aromatic heterocycles. The van der Waals surface area contributed by atoms with Crippen molar-refractivity contribution in [2.24, 2.45) is 0 Å². The van der Waals surface area contributed by atoms with Crippen molar-refractivity contribution >= 4 is 29.7 Å². The maximum absolute atomic E-state index is 11.8. The normalized spacial score (nSPS) is 9.81. The average Bonchev–Trinajstić information content (AvgIpc) is 2.50. The van der Waals surface area contributed by atoms with Crippen molar-refractivity contribution in [3.63, 3.8) is 0 Å². The van der Waals surface area contributed by atoms with Crippen LogP contribution in [0.15, 0.2) is 23.4 Å². The van der Waals surface area contributed by atoms with Crippen LogP contribution in [0.25, 0.3) is 0 Å². The van der Waals surface area contributed by atoms with E-state index >= 15 is 0 Å². The number of nitrogens with one attached hydrogen (secondary N) is 2. The summed E-state index contributed by atoms with van der Waals surface area (Å²) in [6.07, 6.45) is 4.10. The van der Waals surface area contributed by atoms with Crippen molar-refractivity contribution < 1.29 is 19.1 Å². The Morgan fingerprint density at radius 1 is 1.38 bits per heavy atom. The van der Waals surface area contributed by atoms with Crippen molar-refractivity contribution in [3.05, 3.63) is 23.9 Å². The third-order valence-corrected chi connectivity index (χ3v) is 3.02. The summed E-state index contributed by atoms with van der Waals surface area (Å²) in [4.78, 5) is 38.5. The van der Waals surface area contributed by atoms with E-state index < -0.39 is 24.5 Å². The molecule has 0 aliphatic carbocycles. The van der Waals surface area contributed by atoms with Gasteiger partial charge in [0.1, 0.15) is 5.03 Å². The third-order valence-electron chi connectivity index (χ3n) is 2.31. The zero-order valence-electron chi connectivity index (χ0n) is 11.8. The molecule has 0 atom stereocenters. The summed E-state index contributed by atoms with van der Waals surface area (Å²) in [5, 5.41) is 5.06. The summed E-state index contributed by atoms with van der Waals surface area (Å²) in [5.41, 5.74) is 0.285. The Labute approximate surface area is 126 Å². The molecule has 0 saturated heterocycles. The fourth-order valence-corrected chi connectivity index (χ4v) is 1.90. The van der Waals surface area contributed by atoms with Crippen LogP contribution >= 0.6 is 11.8 Å². The van der Waals surface area contributed by atoms with Gasteiger partial charge in [-0.3, -0.25) is 10.1 Å². The minimum Gasteiger partial charge on any atom is -0.452 e. The van der Waals surface area contributed by atoms with Crippen LogP contribution in [-0.2, 0) is 9.53 Å². The van der Waals surface area contributed by atoms with Gasteiger partial charge in [0.05, 0.1) is 5.56 Å². The van der Waals surface area contributed by atoms with Crippen LogP contribution in [-0.4, -0.2) is 42.3 Å². The summed E-state index contributed by atoms with van der Waals surface area (Å²) in [6, 6.07) is 2.56. The Bertz CT molecular complexity index is 522. The summed E-state index contributed by atoms with van der Waals surface area (Å²) >= 11 is 1.30. The van der Waals surface area contributed by atoms with E-state index in [1.54, 1.807) is 24.6 Å². The van der Waals surface area contributed by atoms with Crippen LogP contribution in [0.5, 0.6) is 0 Å². The molecule has 0 aliphatic rings. The molecule has 0 fully saturated rings. The van der Waals surface area contributed by atoms with E-state index in [2.05, 4.69) is 15.6 Å². The molecule has 1 heterocycles. The van der Waals surface area contributed by atoms with E-state index in [0.29, 0.717) is 11.6 Å². The van der Waals surface area contributed by atoms with Gasteiger partial charge in [0.2, 0.25) is 0 Å². The summed E-state index contributed by atoms with van der Waals surface area (Å²) in [7, 11) is 0. The summed E-state index contributed by atoms with van der Waals surface area (Å²) < 4.78 is 4.85. The molecule has 3 amide bonds. The zero-order chi connectivity index (χ0) is 15.7. The lowest BCUT2D eigenvalue weighted by atomic mass is 10.3. The fraction of sp³-hybridized carbons (Fsp3) is 0.385. The number of esters is 1. The van der Waals surface area contributed by atoms with Gasteiger partial charge in [-0.2, -0.15) is 0 Å². The van der Waals surface area contributed by atoms with Crippen LogP contribution in [0.4, 0.5) is 4.79 Å². The number of carbonyl (C=O) groups excluding carboxylic acids is 3. The van der Waals surface area contributed by atoms with Gasteiger partial charge in [0.25, 0.3) is 5.91 Å². The standard InChI is InChI=1S/C13H17N3O4S/c1-3-6-15-13(19)16-10(17)8-20-12(18)9-5-4-7-14-11(9)21-2/h4-5,7H,3,6,8H2,1-2H3,(H2,15,16,17,19). The molecule has 1 rings (SSSR count).